The number of carbonyl (C=O) groups excluding carboxylic acids is 2. The second-order valence-electron chi connectivity index (χ2n) is 7.19. The van der Waals surface area contributed by atoms with Crippen molar-refractivity contribution in [2.24, 2.45) is 5.73 Å². The van der Waals surface area contributed by atoms with Gasteiger partial charge in [0, 0.05) is 19.1 Å². The molecule has 0 spiro atoms. The topological polar surface area (TPSA) is 93.9 Å². The van der Waals surface area contributed by atoms with Gasteiger partial charge in [-0.1, -0.05) is 30.3 Å². The highest BCUT2D eigenvalue weighted by molar-refractivity contribution is 5.70. The first-order valence-corrected chi connectivity index (χ1v) is 8.45. The van der Waals surface area contributed by atoms with Crippen molar-refractivity contribution in [2.45, 2.75) is 51.5 Å². The Labute approximate surface area is 148 Å². The summed E-state index contributed by atoms with van der Waals surface area (Å²) in [5, 5.41) is 2.75. The monoisotopic (exact) mass is 349 g/mol. The maximum atomic E-state index is 12.3. The average molecular weight is 349 g/mol. The van der Waals surface area contributed by atoms with Crippen LogP contribution < -0.4 is 11.1 Å². The number of nitrogens with two attached hydrogens (primary N) is 1. The molecular weight excluding hydrogens is 322 g/mol. The molecular formula is C18H27N3O4. The smallest absolute Gasteiger partial charge is 0.410 e. The van der Waals surface area contributed by atoms with E-state index in [1.807, 2.05) is 30.3 Å². The third-order valence-corrected chi connectivity index (χ3v) is 3.83. The fourth-order valence-corrected chi connectivity index (χ4v) is 2.56. The Hall–Kier alpha value is -2.28. The number of likely N-dealkylation sites (tertiary alicyclic amines) is 1. The first kappa shape index (κ1) is 19.1. The molecule has 0 aliphatic carbocycles. The molecule has 1 aliphatic heterocycles. The lowest BCUT2D eigenvalue weighted by molar-refractivity contribution is 0.0434. The third-order valence-electron chi connectivity index (χ3n) is 3.83. The standard InChI is InChI=1S/C18H27N3O4/c1-18(2,3)25-16(22)20-15-11-21(10-9-14(15)19)17(23)24-12-13-7-5-4-6-8-13/h4-8,14-15H,9-12,19H2,1-3H3,(H,20,22)/t14-,15+/m1/s1. The molecule has 2 rings (SSSR count). The second-order valence-corrected chi connectivity index (χ2v) is 7.19. The molecule has 2 atom stereocenters. The van der Waals surface area contributed by atoms with Crippen molar-refractivity contribution < 1.29 is 19.1 Å². The summed E-state index contributed by atoms with van der Waals surface area (Å²) in [4.78, 5) is 25.8. The summed E-state index contributed by atoms with van der Waals surface area (Å²) in [6.07, 6.45) is -0.361. The van der Waals surface area contributed by atoms with Crippen LogP contribution in [0.3, 0.4) is 0 Å². The van der Waals surface area contributed by atoms with Crippen molar-refractivity contribution in [1.82, 2.24) is 10.2 Å². The van der Waals surface area contributed by atoms with Gasteiger partial charge in [-0.2, -0.15) is 0 Å². The molecule has 0 unspecified atom stereocenters. The zero-order valence-electron chi connectivity index (χ0n) is 15.0. The molecule has 3 N–H and O–H groups in total. The minimum absolute atomic E-state index is 0.215. The Kier molecular flexibility index (Phi) is 6.25. The van der Waals surface area contributed by atoms with Crippen molar-refractivity contribution in [3.8, 4) is 0 Å². The fourth-order valence-electron chi connectivity index (χ4n) is 2.56. The van der Waals surface area contributed by atoms with Crippen LogP contribution in [-0.2, 0) is 16.1 Å². The molecule has 7 heteroatoms. The van der Waals surface area contributed by atoms with Crippen LogP contribution in [0.1, 0.15) is 32.8 Å². The predicted octanol–water partition coefficient (Wildman–Crippen LogP) is 2.25. The van der Waals surface area contributed by atoms with Gasteiger partial charge in [0.15, 0.2) is 0 Å². The molecule has 2 amide bonds. The van der Waals surface area contributed by atoms with E-state index >= 15 is 0 Å². The van der Waals surface area contributed by atoms with Gasteiger partial charge in [-0.25, -0.2) is 9.59 Å². The van der Waals surface area contributed by atoms with Gasteiger partial charge >= 0.3 is 12.2 Å². The molecule has 25 heavy (non-hydrogen) atoms. The third kappa shape index (κ3) is 6.26. The Morgan fingerprint density at radius 1 is 1.28 bits per heavy atom. The number of hydrogen-bond acceptors (Lipinski definition) is 5. The Balaban J connectivity index is 1.86. The van der Waals surface area contributed by atoms with Crippen molar-refractivity contribution in [3.05, 3.63) is 35.9 Å². The van der Waals surface area contributed by atoms with E-state index in [1.54, 1.807) is 25.7 Å². The van der Waals surface area contributed by atoms with Crippen LogP contribution in [0.4, 0.5) is 9.59 Å². The number of ether oxygens (including phenoxy) is 2. The molecule has 1 fully saturated rings. The number of alkyl carbamates (subject to hydrolysis) is 1. The minimum Gasteiger partial charge on any atom is -0.445 e. The van der Waals surface area contributed by atoms with Crippen LogP contribution in [-0.4, -0.2) is 47.9 Å². The van der Waals surface area contributed by atoms with Crippen LogP contribution in [0.2, 0.25) is 0 Å². The number of carbonyl (C=O) groups is 2. The molecule has 7 nitrogen and oxygen atoms in total. The Morgan fingerprint density at radius 2 is 1.96 bits per heavy atom. The molecule has 1 saturated heterocycles. The SMILES string of the molecule is CC(C)(C)OC(=O)N[C@H]1CN(C(=O)OCc2ccccc2)CC[C@H]1N. The van der Waals surface area contributed by atoms with Gasteiger partial charge in [-0.05, 0) is 32.8 Å². The molecule has 138 valence electrons. The number of amides is 2. The summed E-state index contributed by atoms with van der Waals surface area (Å²) in [5.74, 6) is 0. The van der Waals surface area contributed by atoms with E-state index in [1.165, 1.54) is 0 Å². The van der Waals surface area contributed by atoms with Gasteiger partial charge in [-0.3, -0.25) is 0 Å². The molecule has 0 bridgehead atoms. The van der Waals surface area contributed by atoms with E-state index in [-0.39, 0.29) is 18.7 Å². The molecule has 1 heterocycles. The van der Waals surface area contributed by atoms with Crippen molar-refractivity contribution in [3.63, 3.8) is 0 Å². The quantitative estimate of drug-likeness (QED) is 0.873. The molecule has 1 aromatic rings. The molecule has 0 aromatic heterocycles. The van der Waals surface area contributed by atoms with E-state index in [0.717, 1.165) is 5.56 Å². The van der Waals surface area contributed by atoms with Gasteiger partial charge in [0.1, 0.15) is 12.2 Å². The lowest BCUT2D eigenvalue weighted by atomic mass is 10.0. The van der Waals surface area contributed by atoms with Gasteiger partial charge in [-0.15, -0.1) is 0 Å². The number of benzene rings is 1. The van der Waals surface area contributed by atoms with E-state index in [9.17, 15) is 9.59 Å². The first-order valence-electron chi connectivity index (χ1n) is 8.45. The fraction of sp³-hybridized carbons (Fsp3) is 0.556. The average Bonchev–Trinajstić information content (AvgIpc) is 2.54. The lowest BCUT2D eigenvalue weighted by Crippen LogP contribution is -2.59. The van der Waals surface area contributed by atoms with Crippen LogP contribution >= 0.6 is 0 Å². The summed E-state index contributed by atoms with van der Waals surface area (Å²) in [7, 11) is 0. The highest BCUT2D eigenvalue weighted by atomic mass is 16.6. The molecule has 1 aliphatic rings. The Bertz CT molecular complexity index is 586. The van der Waals surface area contributed by atoms with Gasteiger partial charge in [0.2, 0.25) is 0 Å². The Morgan fingerprint density at radius 3 is 2.60 bits per heavy atom. The van der Waals surface area contributed by atoms with Crippen LogP contribution in [0, 0.1) is 0 Å². The highest BCUT2D eigenvalue weighted by Gasteiger charge is 2.32. The number of nitrogens with zero attached hydrogens (tertiary/aromatic N) is 1. The highest BCUT2D eigenvalue weighted by Crippen LogP contribution is 2.13. The van der Waals surface area contributed by atoms with Gasteiger partial charge in [0.25, 0.3) is 0 Å². The van der Waals surface area contributed by atoms with Crippen molar-refractivity contribution >= 4 is 12.2 Å². The summed E-state index contributed by atoms with van der Waals surface area (Å²) in [5.41, 5.74) is 6.41. The lowest BCUT2D eigenvalue weighted by Gasteiger charge is -2.36. The van der Waals surface area contributed by atoms with Crippen LogP contribution in [0.5, 0.6) is 0 Å². The van der Waals surface area contributed by atoms with Crippen LogP contribution in [0.15, 0.2) is 30.3 Å². The summed E-state index contributed by atoms with van der Waals surface area (Å²) in [6, 6.07) is 8.88. The molecule has 1 aromatic carbocycles. The largest absolute Gasteiger partial charge is 0.445 e. The maximum Gasteiger partial charge on any atom is 0.410 e. The minimum atomic E-state index is -0.586. The van der Waals surface area contributed by atoms with E-state index in [4.69, 9.17) is 15.2 Å². The number of nitrogens with one attached hydrogen (secondary N) is 1. The summed E-state index contributed by atoms with van der Waals surface area (Å²) in [6.45, 7) is 6.39. The van der Waals surface area contributed by atoms with Crippen LogP contribution in [0.25, 0.3) is 0 Å². The summed E-state index contributed by atoms with van der Waals surface area (Å²) < 4.78 is 10.6. The molecule has 0 radical (unpaired) electrons. The zero-order valence-corrected chi connectivity index (χ0v) is 15.0. The normalized spacial score (nSPS) is 20.7. The second kappa shape index (κ2) is 8.20. The van der Waals surface area contributed by atoms with E-state index < -0.39 is 17.8 Å². The number of hydrogen-bond donors (Lipinski definition) is 2. The van der Waals surface area contributed by atoms with E-state index in [2.05, 4.69) is 5.32 Å². The van der Waals surface area contributed by atoms with Gasteiger partial charge < -0.3 is 25.4 Å². The first-order chi connectivity index (χ1) is 11.7. The predicted molar refractivity (Wildman–Crippen MR) is 94.0 cm³/mol. The summed E-state index contributed by atoms with van der Waals surface area (Å²) >= 11 is 0. The number of piperidine rings is 1. The van der Waals surface area contributed by atoms with Crippen molar-refractivity contribution in [2.75, 3.05) is 13.1 Å². The van der Waals surface area contributed by atoms with Gasteiger partial charge in [0.05, 0.1) is 6.04 Å². The van der Waals surface area contributed by atoms with E-state index in [0.29, 0.717) is 19.5 Å². The zero-order chi connectivity index (χ0) is 18.4. The number of rotatable bonds is 3. The van der Waals surface area contributed by atoms with Crippen molar-refractivity contribution in [1.29, 1.82) is 0 Å². The maximum absolute atomic E-state index is 12.3. The molecule has 0 saturated carbocycles.